The van der Waals surface area contributed by atoms with Gasteiger partial charge in [0, 0.05) is 12.1 Å². The molecule has 0 saturated carbocycles. The molecule has 31 heavy (non-hydrogen) atoms. The summed E-state index contributed by atoms with van der Waals surface area (Å²) in [5.74, 6) is -0.382. The van der Waals surface area contributed by atoms with Gasteiger partial charge in [-0.2, -0.15) is 0 Å². The van der Waals surface area contributed by atoms with Crippen molar-refractivity contribution in [3.63, 3.8) is 0 Å². The van der Waals surface area contributed by atoms with Crippen molar-refractivity contribution in [1.29, 1.82) is 0 Å². The number of hydrogen-bond acceptors (Lipinski definition) is 5. The van der Waals surface area contributed by atoms with Crippen LogP contribution in [0.25, 0.3) is 0 Å². The van der Waals surface area contributed by atoms with Gasteiger partial charge in [-0.15, -0.1) is 0 Å². The van der Waals surface area contributed by atoms with E-state index in [4.69, 9.17) is 13.0 Å². The molecule has 0 aliphatic heterocycles. The van der Waals surface area contributed by atoms with Gasteiger partial charge in [-0.3, -0.25) is 0 Å². The molecule has 0 bridgehead atoms. The summed E-state index contributed by atoms with van der Waals surface area (Å²) in [4.78, 5) is 23.3. The molecule has 0 aliphatic carbocycles. The normalized spacial score (nSPS) is 12.8. The lowest BCUT2D eigenvalue weighted by Crippen LogP contribution is -2.62. The smallest absolute Gasteiger partial charge is 0.463 e. The fourth-order valence-corrected chi connectivity index (χ4v) is 14.6. The van der Waals surface area contributed by atoms with Crippen LogP contribution in [0, 0.1) is 0 Å². The van der Waals surface area contributed by atoms with Gasteiger partial charge in [-0.1, -0.05) is 66.7 Å². The van der Waals surface area contributed by atoms with Crippen molar-refractivity contribution >= 4 is 41.8 Å². The van der Waals surface area contributed by atoms with Crippen molar-refractivity contribution in [2.45, 2.75) is 45.6 Å². The first kappa shape index (κ1) is 25.4. The third-order valence-corrected chi connectivity index (χ3v) is 16.0. The van der Waals surface area contributed by atoms with Gasteiger partial charge in [0.2, 0.25) is 16.6 Å². The minimum atomic E-state index is -3.56. The number of carbonyl (C=O) groups excluding carboxylic acids is 1. The van der Waals surface area contributed by atoms with E-state index < -0.39 is 25.4 Å². The molecule has 0 unspecified atom stereocenters. The summed E-state index contributed by atoms with van der Waals surface area (Å²) in [6, 6.07) is 20.4. The molecule has 0 amide bonds. The first-order valence-corrected chi connectivity index (χ1v) is 18.4. The van der Waals surface area contributed by atoms with Gasteiger partial charge in [0.1, 0.15) is 0 Å². The third-order valence-electron chi connectivity index (χ3n) is 4.95. The molecule has 0 aliphatic rings. The average molecular weight is 475 g/mol. The highest BCUT2D eigenvalue weighted by atomic mass is 28.5. The molecule has 0 fully saturated rings. The van der Waals surface area contributed by atoms with Crippen molar-refractivity contribution < 1.29 is 22.6 Å². The number of hydrogen-bond donors (Lipinski definition) is 1. The van der Waals surface area contributed by atoms with Crippen molar-refractivity contribution in [2.75, 3.05) is 6.61 Å². The lowest BCUT2D eigenvalue weighted by atomic mass is 10.4. The van der Waals surface area contributed by atoms with E-state index in [0.717, 1.165) is 10.4 Å². The van der Waals surface area contributed by atoms with Crippen LogP contribution in [0.1, 0.15) is 13.3 Å². The molecular weight excluding hydrogens is 441 g/mol. The Labute approximate surface area is 189 Å². The van der Waals surface area contributed by atoms with Gasteiger partial charge in [0.15, 0.2) is 0 Å². The zero-order valence-electron chi connectivity index (χ0n) is 19.1. The van der Waals surface area contributed by atoms with Crippen LogP contribution in [0.4, 0.5) is 0 Å². The van der Waals surface area contributed by atoms with Crippen LogP contribution in [0.2, 0.25) is 32.2 Å². The predicted molar refractivity (Wildman–Crippen MR) is 132 cm³/mol. The van der Waals surface area contributed by atoms with Gasteiger partial charge in [0.25, 0.3) is 0 Å². The first-order chi connectivity index (χ1) is 14.6. The van der Waals surface area contributed by atoms with Gasteiger partial charge in [-0.25, -0.2) is 4.79 Å². The third kappa shape index (κ3) is 7.99. The quantitative estimate of drug-likeness (QED) is 0.233. The monoisotopic (exact) mass is 474 g/mol. The number of benzene rings is 2. The van der Waals surface area contributed by atoms with Crippen molar-refractivity contribution in [1.82, 2.24) is 0 Å². The van der Waals surface area contributed by atoms with E-state index in [-0.39, 0.29) is 12.6 Å². The second kappa shape index (κ2) is 11.2. The molecule has 5 nitrogen and oxygen atoms in total. The second-order valence-electron chi connectivity index (χ2n) is 8.44. The van der Waals surface area contributed by atoms with Crippen LogP contribution in [0.15, 0.2) is 72.8 Å². The minimum absolute atomic E-state index is 0.214. The molecule has 2 aromatic carbocycles. The standard InChI is InChI=1S/C23H34O5Si3/c1-6-14-23(24)26-19-13-20-31(25,27-29(2,3)21-15-9-7-10-16-21)28-30(4,5)22-17-11-8-12-18-22/h6-12,14-18,25H,13,19-20H2,1-5H3. The highest BCUT2D eigenvalue weighted by molar-refractivity contribution is 6.94. The van der Waals surface area contributed by atoms with Crippen molar-refractivity contribution in [3.8, 4) is 0 Å². The largest absolute Gasteiger partial charge is 0.477 e. The topological polar surface area (TPSA) is 65.0 Å². The van der Waals surface area contributed by atoms with E-state index in [1.807, 2.05) is 60.7 Å². The Balaban J connectivity index is 2.20. The van der Waals surface area contributed by atoms with E-state index in [2.05, 4.69) is 26.2 Å². The summed E-state index contributed by atoms with van der Waals surface area (Å²) in [5.41, 5.74) is 0. The summed E-state index contributed by atoms with van der Waals surface area (Å²) < 4.78 is 18.2. The molecule has 0 aromatic heterocycles. The maximum absolute atomic E-state index is 11.7. The molecule has 2 rings (SSSR count). The van der Waals surface area contributed by atoms with Crippen LogP contribution in [-0.2, 0) is 17.8 Å². The summed E-state index contributed by atoms with van der Waals surface area (Å²) in [5, 5.41) is 2.20. The van der Waals surface area contributed by atoms with Crippen molar-refractivity contribution in [3.05, 3.63) is 72.8 Å². The number of rotatable bonds is 11. The van der Waals surface area contributed by atoms with Crippen LogP contribution in [0.3, 0.4) is 0 Å². The highest BCUT2D eigenvalue weighted by Crippen LogP contribution is 2.24. The number of allylic oxidation sites excluding steroid dienone is 1. The number of ether oxygens (including phenoxy) is 1. The average Bonchev–Trinajstić information content (AvgIpc) is 2.72. The predicted octanol–water partition coefficient (Wildman–Crippen LogP) is 3.68. The Kier molecular flexibility index (Phi) is 9.16. The molecule has 0 radical (unpaired) electrons. The number of carbonyl (C=O) groups is 1. The molecule has 168 valence electrons. The molecule has 0 saturated heterocycles. The van der Waals surface area contributed by atoms with Crippen LogP contribution in [-0.4, -0.2) is 42.8 Å². The van der Waals surface area contributed by atoms with Crippen molar-refractivity contribution in [2.24, 2.45) is 0 Å². The van der Waals surface area contributed by atoms with E-state index in [1.54, 1.807) is 13.0 Å². The molecule has 1 N–H and O–H groups in total. The SMILES string of the molecule is CC=CC(=O)OCCC[Si](O)(O[Si](C)(C)c1ccccc1)O[Si](C)(C)c1ccccc1. The minimum Gasteiger partial charge on any atom is -0.463 e. The Morgan fingerprint density at radius 1 is 0.871 bits per heavy atom. The van der Waals surface area contributed by atoms with E-state index in [1.165, 1.54) is 6.08 Å². The Bertz CT molecular complexity index is 801. The van der Waals surface area contributed by atoms with E-state index in [0.29, 0.717) is 12.5 Å². The summed E-state index contributed by atoms with van der Waals surface area (Å²) >= 11 is 0. The molecule has 8 heteroatoms. The lowest BCUT2D eigenvalue weighted by Gasteiger charge is -2.38. The Morgan fingerprint density at radius 2 is 1.32 bits per heavy atom. The Hall–Kier alpha value is -1.82. The van der Waals surface area contributed by atoms with Crippen LogP contribution >= 0.6 is 0 Å². The lowest BCUT2D eigenvalue weighted by molar-refractivity contribution is -0.137. The molecule has 2 aromatic rings. The van der Waals surface area contributed by atoms with Gasteiger partial charge < -0.3 is 17.8 Å². The molecule has 0 heterocycles. The fourth-order valence-electron chi connectivity index (χ4n) is 3.37. The summed E-state index contributed by atoms with van der Waals surface area (Å²) in [6.07, 6.45) is 3.50. The summed E-state index contributed by atoms with van der Waals surface area (Å²) in [7, 11) is -8.40. The van der Waals surface area contributed by atoms with E-state index >= 15 is 0 Å². The highest BCUT2D eigenvalue weighted by Gasteiger charge is 2.47. The Morgan fingerprint density at radius 3 is 1.74 bits per heavy atom. The zero-order valence-corrected chi connectivity index (χ0v) is 22.1. The molecular formula is C23H34O5Si3. The summed E-state index contributed by atoms with van der Waals surface area (Å²) in [6.45, 7) is 10.3. The van der Waals surface area contributed by atoms with E-state index in [9.17, 15) is 9.59 Å². The molecule has 0 spiro atoms. The fraction of sp³-hybridized carbons (Fsp3) is 0.348. The maximum Gasteiger partial charge on any atom is 0.477 e. The second-order valence-corrected chi connectivity index (χ2v) is 19.2. The van der Waals surface area contributed by atoms with Gasteiger partial charge in [-0.05, 0) is 49.9 Å². The van der Waals surface area contributed by atoms with Gasteiger partial charge >= 0.3 is 14.8 Å². The van der Waals surface area contributed by atoms with Crippen LogP contribution < -0.4 is 10.4 Å². The first-order valence-electron chi connectivity index (χ1n) is 10.6. The number of esters is 1. The molecule has 0 atom stereocenters. The van der Waals surface area contributed by atoms with Gasteiger partial charge in [0.05, 0.1) is 6.61 Å². The van der Waals surface area contributed by atoms with Crippen LogP contribution in [0.5, 0.6) is 0 Å². The maximum atomic E-state index is 11.7. The zero-order chi connectivity index (χ0) is 23.0.